The van der Waals surface area contributed by atoms with Crippen LogP contribution >= 0.6 is 0 Å². The van der Waals surface area contributed by atoms with Gasteiger partial charge in [-0.05, 0) is 44.2 Å². The van der Waals surface area contributed by atoms with Crippen LogP contribution in [0.3, 0.4) is 0 Å². The van der Waals surface area contributed by atoms with E-state index < -0.39 is 5.82 Å². The van der Waals surface area contributed by atoms with Crippen LogP contribution in [-0.4, -0.2) is 46.9 Å². The first-order chi connectivity index (χ1) is 15.4. The van der Waals surface area contributed by atoms with Crippen LogP contribution < -0.4 is 15.0 Å². The summed E-state index contributed by atoms with van der Waals surface area (Å²) in [7, 11) is 1.45. The van der Waals surface area contributed by atoms with Crippen molar-refractivity contribution in [1.29, 1.82) is 0 Å². The number of amides is 1. The summed E-state index contributed by atoms with van der Waals surface area (Å²) in [6.07, 6.45) is -0.0536. The Bertz CT molecular complexity index is 1200. The van der Waals surface area contributed by atoms with Gasteiger partial charge < -0.3 is 14.4 Å². The van der Waals surface area contributed by atoms with Crippen LogP contribution in [0.2, 0.25) is 0 Å². The molecule has 7 nitrogen and oxygen atoms in total. The van der Waals surface area contributed by atoms with Gasteiger partial charge in [-0.3, -0.25) is 9.59 Å². The van der Waals surface area contributed by atoms with E-state index >= 15 is 0 Å². The molecule has 8 heteroatoms. The van der Waals surface area contributed by atoms with Crippen LogP contribution in [0.1, 0.15) is 30.2 Å². The van der Waals surface area contributed by atoms with Crippen molar-refractivity contribution in [3.63, 3.8) is 0 Å². The summed E-state index contributed by atoms with van der Waals surface area (Å²) >= 11 is 0. The van der Waals surface area contributed by atoms with Gasteiger partial charge in [-0.1, -0.05) is 12.1 Å². The molecule has 1 aliphatic heterocycles. The van der Waals surface area contributed by atoms with E-state index in [0.717, 1.165) is 0 Å². The van der Waals surface area contributed by atoms with Crippen LogP contribution in [0.15, 0.2) is 59.4 Å². The molecule has 1 amide bonds. The summed E-state index contributed by atoms with van der Waals surface area (Å²) in [5, 5.41) is 4.47. The standard InChI is InChI=1S/C24H24FN3O4/c1-15(2)32-21-7-5-4-6-19(21)24(30)27-13-17(14-27)28-23(29)11-10-20(26-28)18-9-8-16(25)12-22(18)31-3/h4-12,15,17H,13-14H2,1-3H3. The number of ether oxygens (including phenoxy) is 2. The molecule has 1 aromatic heterocycles. The predicted molar refractivity (Wildman–Crippen MR) is 118 cm³/mol. The second-order valence-corrected chi connectivity index (χ2v) is 7.87. The normalized spacial score (nSPS) is 13.7. The van der Waals surface area contributed by atoms with Crippen molar-refractivity contribution in [3.05, 3.63) is 76.3 Å². The van der Waals surface area contributed by atoms with Gasteiger partial charge in [-0.15, -0.1) is 0 Å². The maximum Gasteiger partial charge on any atom is 0.267 e. The van der Waals surface area contributed by atoms with Crippen molar-refractivity contribution in [1.82, 2.24) is 14.7 Å². The average molecular weight is 437 g/mol. The Kier molecular flexibility index (Phi) is 5.94. The molecule has 0 aliphatic carbocycles. The molecule has 0 saturated carbocycles. The minimum absolute atomic E-state index is 0.0536. The molecule has 0 spiro atoms. The van der Waals surface area contributed by atoms with E-state index in [1.54, 1.807) is 35.2 Å². The highest BCUT2D eigenvalue weighted by atomic mass is 19.1. The van der Waals surface area contributed by atoms with Gasteiger partial charge >= 0.3 is 0 Å². The maximum absolute atomic E-state index is 13.5. The Labute approximate surface area is 185 Å². The number of likely N-dealkylation sites (tertiary alicyclic amines) is 1. The Balaban J connectivity index is 1.54. The van der Waals surface area contributed by atoms with Gasteiger partial charge in [-0.25, -0.2) is 9.07 Å². The van der Waals surface area contributed by atoms with E-state index in [1.807, 2.05) is 19.9 Å². The first-order valence-electron chi connectivity index (χ1n) is 10.4. The third kappa shape index (κ3) is 4.21. The highest BCUT2D eigenvalue weighted by Crippen LogP contribution is 2.30. The summed E-state index contributed by atoms with van der Waals surface area (Å²) in [4.78, 5) is 27.1. The fourth-order valence-electron chi connectivity index (χ4n) is 3.65. The minimum Gasteiger partial charge on any atom is -0.496 e. The molecule has 2 heterocycles. The molecule has 1 fully saturated rings. The van der Waals surface area contributed by atoms with Gasteiger partial charge in [-0.2, -0.15) is 5.10 Å². The second kappa shape index (κ2) is 8.82. The number of hydrogen-bond donors (Lipinski definition) is 0. The highest BCUT2D eigenvalue weighted by molar-refractivity contribution is 5.97. The van der Waals surface area contributed by atoms with Gasteiger partial charge in [0.2, 0.25) is 0 Å². The van der Waals surface area contributed by atoms with Gasteiger partial charge in [0.05, 0.1) is 30.5 Å². The van der Waals surface area contributed by atoms with Gasteiger partial charge in [0.25, 0.3) is 11.5 Å². The number of para-hydroxylation sites is 1. The third-order valence-electron chi connectivity index (χ3n) is 5.24. The minimum atomic E-state index is -0.422. The first kappa shape index (κ1) is 21.5. The van der Waals surface area contributed by atoms with E-state index in [1.165, 1.54) is 30.0 Å². The molecule has 166 valence electrons. The Morgan fingerprint density at radius 1 is 1.09 bits per heavy atom. The lowest BCUT2D eigenvalue weighted by Gasteiger charge is -2.39. The molecule has 1 saturated heterocycles. The van der Waals surface area contributed by atoms with E-state index in [-0.39, 0.29) is 23.6 Å². The molecule has 2 aromatic carbocycles. The monoisotopic (exact) mass is 437 g/mol. The molecule has 1 aliphatic rings. The van der Waals surface area contributed by atoms with Gasteiger partial charge in [0.1, 0.15) is 17.3 Å². The van der Waals surface area contributed by atoms with E-state index in [2.05, 4.69) is 5.10 Å². The lowest BCUT2D eigenvalue weighted by atomic mass is 10.1. The zero-order valence-corrected chi connectivity index (χ0v) is 18.1. The lowest BCUT2D eigenvalue weighted by molar-refractivity contribution is 0.0488. The number of methoxy groups -OCH3 is 1. The molecular formula is C24H24FN3O4. The quantitative estimate of drug-likeness (QED) is 0.590. The number of carbonyl (C=O) groups excluding carboxylic acids is 1. The zero-order valence-electron chi connectivity index (χ0n) is 18.1. The molecule has 3 aromatic rings. The van der Waals surface area contributed by atoms with Crippen molar-refractivity contribution >= 4 is 5.91 Å². The van der Waals surface area contributed by atoms with E-state index in [4.69, 9.17) is 9.47 Å². The Hall–Kier alpha value is -3.68. The summed E-state index contributed by atoms with van der Waals surface area (Å²) in [5.41, 5.74) is 1.29. The molecule has 4 rings (SSSR count). The molecule has 0 N–H and O–H groups in total. The Morgan fingerprint density at radius 3 is 2.56 bits per heavy atom. The number of carbonyl (C=O) groups is 1. The smallest absolute Gasteiger partial charge is 0.267 e. The molecular weight excluding hydrogens is 413 g/mol. The number of nitrogens with zero attached hydrogens (tertiary/aromatic N) is 3. The Morgan fingerprint density at radius 2 is 1.84 bits per heavy atom. The SMILES string of the molecule is COc1cc(F)ccc1-c1ccc(=O)n(C2CN(C(=O)c3ccccc3OC(C)C)C2)n1. The molecule has 0 unspecified atom stereocenters. The summed E-state index contributed by atoms with van der Waals surface area (Å²) in [5.74, 6) is 0.294. The number of hydrogen-bond acceptors (Lipinski definition) is 5. The first-order valence-corrected chi connectivity index (χ1v) is 10.4. The lowest BCUT2D eigenvalue weighted by Crippen LogP contribution is -2.53. The van der Waals surface area contributed by atoms with Crippen molar-refractivity contribution < 1.29 is 18.7 Å². The topological polar surface area (TPSA) is 73.7 Å². The van der Waals surface area contributed by atoms with Gasteiger partial charge in [0.15, 0.2) is 0 Å². The van der Waals surface area contributed by atoms with Gasteiger partial charge in [0, 0.05) is 30.8 Å². The van der Waals surface area contributed by atoms with Crippen LogP contribution in [0, 0.1) is 5.82 Å². The van der Waals surface area contributed by atoms with Crippen molar-refractivity contribution in [3.8, 4) is 22.8 Å². The van der Waals surface area contributed by atoms with Crippen LogP contribution in [0.4, 0.5) is 4.39 Å². The largest absolute Gasteiger partial charge is 0.496 e. The number of benzene rings is 2. The van der Waals surface area contributed by atoms with E-state index in [0.29, 0.717) is 41.4 Å². The van der Waals surface area contributed by atoms with E-state index in [9.17, 15) is 14.0 Å². The number of halogens is 1. The fourth-order valence-corrected chi connectivity index (χ4v) is 3.65. The molecule has 0 atom stereocenters. The average Bonchev–Trinajstić information content (AvgIpc) is 2.74. The number of aromatic nitrogens is 2. The number of rotatable bonds is 6. The summed E-state index contributed by atoms with van der Waals surface area (Å²) in [6.45, 7) is 4.52. The zero-order chi connectivity index (χ0) is 22.8. The molecule has 0 radical (unpaired) electrons. The van der Waals surface area contributed by atoms with Crippen molar-refractivity contribution in [2.45, 2.75) is 26.0 Å². The fraction of sp³-hybridized carbons (Fsp3) is 0.292. The van der Waals surface area contributed by atoms with Crippen molar-refractivity contribution in [2.75, 3.05) is 20.2 Å². The maximum atomic E-state index is 13.5. The summed E-state index contributed by atoms with van der Waals surface area (Å²) < 4.78 is 25.9. The van der Waals surface area contributed by atoms with Crippen LogP contribution in [0.5, 0.6) is 11.5 Å². The van der Waals surface area contributed by atoms with Crippen LogP contribution in [0.25, 0.3) is 11.3 Å². The summed E-state index contributed by atoms with van der Waals surface area (Å²) in [6, 6.07) is 14.0. The third-order valence-corrected chi connectivity index (χ3v) is 5.24. The van der Waals surface area contributed by atoms with Crippen molar-refractivity contribution in [2.24, 2.45) is 0 Å². The predicted octanol–water partition coefficient (Wildman–Crippen LogP) is 3.54. The second-order valence-electron chi connectivity index (χ2n) is 7.87. The molecule has 32 heavy (non-hydrogen) atoms. The molecule has 0 bridgehead atoms. The highest BCUT2D eigenvalue weighted by Gasteiger charge is 2.35. The van der Waals surface area contributed by atoms with Crippen LogP contribution in [-0.2, 0) is 0 Å².